The monoisotopic (exact) mass is 305 g/mol. The van der Waals surface area contributed by atoms with Gasteiger partial charge in [0.1, 0.15) is 0 Å². The standard InChI is InChI=1S/C15H16BrNO/c1-11-2-8-14(9-3-11)17-10-15(18)12-4-6-13(16)7-5-12/h2-9,15,17-18H,10H2,1H3/t15-/m0/s1. The van der Waals surface area contributed by atoms with Crippen LogP contribution >= 0.6 is 15.9 Å². The van der Waals surface area contributed by atoms with E-state index in [1.165, 1.54) is 5.56 Å². The van der Waals surface area contributed by atoms with Gasteiger partial charge < -0.3 is 10.4 Å². The Balaban J connectivity index is 1.93. The molecule has 2 N–H and O–H groups in total. The Morgan fingerprint density at radius 3 is 2.28 bits per heavy atom. The Labute approximate surface area is 116 Å². The van der Waals surface area contributed by atoms with Crippen molar-refractivity contribution in [1.29, 1.82) is 0 Å². The number of anilines is 1. The third-order valence-electron chi connectivity index (χ3n) is 2.81. The minimum atomic E-state index is -0.501. The molecule has 0 amide bonds. The zero-order valence-electron chi connectivity index (χ0n) is 10.2. The van der Waals surface area contributed by atoms with Gasteiger partial charge in [-0.3, -0.25) is 0 Å². The van der Waals surface area contributed by atoms with Crippen molar-refractivity contribution in [3.05, 3.63) is 64.1 Å². The first-order valence-corrected chi connectivity index (χ1v) is 6.68. The van der Waals surface area contributed by atoms with Crippen molar-refractivity contribution < 1.29 is 5.11 Å². The first kappa shape index (κ1) is 13.1. The Morgan fingerprint density at radius 1 is 1.06 bits per heavy atom. The fourth-order valence-electron chi connectivity index (χ4n) is 1.69. The van der Waals surface area contributed by atoms with Crippen molar-refractivity contribution in [2.24, 2.45) is 0 Å². The average molecular weight is 306 g/mol. The van der Waals surface area contributed by atoms with E-state index in [0.717, 1.165) is 15.7 Å². The minimum absolute atomic E-state index is 0.501. The molecular weight excluding hydrogens is 290 g/mol. The van der Waals surface area contributed by atoms with Gasteiger partial charge in [-0.25, -0.2) is 0 Å². The molecule has 2 aromatic rings. The highest BCUT2D eigenvalue weighted by atomic mass is 79.9. The summed E-state index contributed by atoms with van der Waals surface area (Å²) >= 11 is 3.38. The number of rotatable bonds is 4. The highest BCUT2D eigenvalue weighted by molar-refractivity contribution is 9.10. The molecule has 2 nitrogen and oxygen atoms in total. The summed E-state index contributed by atoms with van der Waals surface area (Å²) in [5.74, 6) is 0. The van der Waals surface area contributed by atoms with E-state index in [-0.39, 0.29) is 0 Å². The Morgan fingerprint density at radius 2 is 1.67 bits per heavy atom. The summed E-state index contributed by atoms with van der Waals surface area (Å²) < 4.78 is 1.02. The SMILES string of the molecule is Cc1ccc(NC[C@H](O)c2ccc(Br)cc2)cc1. The number of halogens is 1. The second kappa shape index (κ2) is 6.03. The lowest BCUT2D eigenvalue weighted by Crippen LogP contribution is -2.11. The number of aryl methyl sites for hydroxylation is 1. The zero-order valence-corrected chi connectivity index (χ0v) is 11.8. The van der Waals surface area contributed by atoms with Crippen LogP contribution in [0.3, 0.4) is 0 Å². The Kier molecular flexibility index (Phi) is 4.39. The van der Waals surface area contributed by atoms with Crippen LogP contribution in [0.4, 0.5) is 5.69 Å². The van der Waals surface area contributed by atoms with Crippen LogP contribution in [-0.4, -0.2) is 11.7 Å². The van der Waals surface area contributed by atoms with Crippen LogP contribution in [0, 0.1) is 6.92 Å². The molecule has 1 atom stereocenters. The van der Waals surface area contributed by atoms with Gasteiger partial charge in [0.25, 0.3) is 0 Å². The van der Waals surface area contributed by atoms with E-state index in [1.54, 1.807) is 0 Å². The maximum atomic E-state index is 10.0. The molecule has 0 bridgehead atoms. The van der Waals surface area contributed by atoms with Gasteiger partial charge in [-0.15, -0.1) is 0 Å². The molecule has 0 aromatic heterocycles. The molecule has 0 saturated heterocycles. The Hall–Kier alpha value is -1.32. The van der Waals surface area contributed by atoms with Crippen LogP contribution in [0.2, 0.25) is 0 Å². The molecule has 0 spiro atoms. The molecule has 0 aliphatic rings. The summed E-state index contributed by atoms with van der Waals surface area (Å²) in [6.07, 6.45) is -0.501. The first-order chi connectivity index (χ1) is 8.65. The molecule has 94 valence electrons. The third kappa shape index (κ3) is 3.59. The minimum Gasteiger partial charge on any atom is -0.387 e. The molecular formula is C15H16BrNO. The van der Waals surface area contributed by atoms with Gasteiger partial charge in [-0.05, 0) is 36.8 Å². The molecule has 0 fully saturated rings. The van der Waals surface area contributed by atoms with E-state index in [0.29, 0.717) is 6.54 Å². The van der Waals surface area contributed by atoms with Crippen LogP contribution in [-0.2, 0) is 0 Å². The summed E-state index contributed by atoms with van der Waals surface area (Å²) in [5, 5.41) is 13.3. The highest BCUT2D eigenvalue weighted by Crippen LogP contribution is 2.18. The average Bonchev–Trinajstić information content (AvgIpc) is 2.38. The second-order valence-corrected chi connectivity index (χ2v) is 5.23. The predicted molar refractivity (Wildman–Crippen MR) is 78.8 cm³/mol. The number of nitrogens with one attached hydrogen (secondary N) is 1. The number of hydrogen-bond donors (Lipinski definition) is 2. The van der Waals surface area contributed by atoms with Crippen LogP contribution in [0.25, 0.3) is 0 Å². The first-order valence-electron chi connectivity index (χ1n) is 5.89. The molecule has 2 rings (SSSR count). The van der Waals surface area contributed by atoms with Crippen molar-refractivity contribution in [2.75, 3.05) is 11.9 Å². The maximum Gasteiger partial charge on any atom is 0.0962 e. The quantitative estimate of drug-likeness (QED) is 0.898. The zero-order chi connectivity index (χ0) is 13.0. The van der Waals surface area contributed by atoms with Crippen molar-refractivity contribution in [3.63, 3.8) is 0 Å². The number of benzene rings is 2. The summed E-state index contributed by atoms with van der Waals surface area (Å²) in [6, 6.07) is 15.8. The van der Waals surface area contributed by atoms with Crippen molar-refractivity contribution >= 4 is 21.6 Å². The molecule has 3 heteroatoms. The van der Waals surface area contributed by atoms with Gasteiger partial charge in [0, 0.05) is 16.7 Å². The van der Waals surface area contributed by atoms with Gasteiger partial charge in [0.2, 0.25) is 0 Å². The smallest absolute Gasteiger partial charge is 0.0962 e. The van der Waals surface area contributed by atoms with E-state index in [4.69, 9.17) is 0 Å². The van der Waals surface area contributed by atoms with Gasteiger partial charge in [0.05, 0.1) is 6.10 Å². The molecule has 0 heterocycles. The summed E-state index contributed by atoms with van der Waals surface area (Å²) in [7, 11) is 0. The summed E-state index contributed by atoms with van der Waals surface area (Å²) in [5.41, 5.74) is 3.17. The summed E-state index contributed by atoms with van der Waals surface area (Å²) in [4.78, 5) is 0. The molecule has 0 unspecified atom stereocenters. The number of aliphatic hydroxyl groups is 1. The largest absolute Gasteiger partial charge is 0.387 e. The van der Waals surface area contributed by atoms with E-state index in [2.05, 4.69) is 28.2 Å². The molecule has 2 aromatic carbocycles. The molecule has 0 aliphatic heterocycles. The van der Waals surface area contributed by atoms with E-state index < -0.39 is 6.10 Å². The van der Waals surface area contributed by atoms with Gasteiger partial charge in [0.15, 0.2) is 0 Å². The molecule has 18 heavy (non-hydrogen) atoms. The van der Waals surface area contributed by atoms with Crippen molar-refractivity contribution in [1.82, 2.24) is 0 Å². The van der Waals surface area contributed by atoms with Gasteiger partial charge in [-0.2, -0.15) is 0 Å². The maximum absolute atomic E-state index is 10.0. The third-order valence-corrected chi connectivity index (χ3v) is 3.33. The predicted octanol–water partition coefficient (Wildman–Crippen LogP) is 3.90. The normalized spacial score (nSPS) is 12.2. The molecule has 0 saturated carbocycles. The molecule has 0 radical (unpaired) electrons. The van der Waals surface area contributed by atoms with Crippen molar-refractivity contribution in [3.8, 4) is 0 Å². The van der Waals surface area contributed by atoms with E-state index >= 15 is 0 Å². The van der Waals surface area contributed by atoms with Crippen LogP contribution < -0.4 is 5.32 Å². The lowest BCUT2D eigenvalue weighted by molar-refractivity contribution is 0.191. The van der Waals surface area contributed by atoms with Gasteiger partial charge >= 0.3 is 0 Å². The lowest BCUT2D eigenvalue weighted by atomic mass is 10.1. The Bertz CT molecular complexity index is 493. The molecule has 0 aliphatic carbocycles. The van der Waals surface area contributed by atoms with Crippen molar-refractivity contribution in [2.45, 2.75) is 13.0 Å². The highest BCUT2D eigenvalue weighted by Gasteiger charge is 2.06. The second-order valence-electron chi connectivity index (χ2n) is 4.31. The lowest BCUT2D eigenvalue weighted by Gasteiger charge is -2.13. The van der Waals surface area contributed by atoms with E-state index in [9.17, 15) is 5.11 Å². The fraction of sp³-hybridized carbons (Fsp3) is 0.200. The van der Waals surface area contributed by atoms with Crippen LogP contribution in [0.5, 0.6) is 0 Å². The topological polar surface area (TPSA) is 32.3 Å². The van der Waals surface area contributed by atoms with Crippen LogP contribution in [0.1, 0.15) is 17.2 Å². The number of aliphatic hydroxyl groups excluding tert-OH is 1. The number of hydrogen-bond acceptors (Lipinski definition) is 2. The summed E-state index contributed by atoms with van der Waals surface area (Å²) in [6.45, 7) is 2.56. The van der Waals surface area contributed by atoms with Gasteiger partial charge in [-0.1, -0.05) is 45.8 Å². The van der Waals surface area contributed by atoms with Crippen LogP contribution in [0.15, 0.2) is 53.0 Å². The fourth-order valence-corrected chi connectivity index (χ4v) is 1.95. The van der Waals surface area contributed by atoms with E-state index in [1.807, 2.05) is 48.5 Å².